The maximum Gasteiger partial charge on any atom is 0.0693 e. The third-order valence-corrected chi connectivity index (χ3v) is 4.22. The van der Waals surface area contributed by atoms with Gasteiger partial charge in [0.15, 0.2) is 0 Å². The van der Waals surface area contributed by atoms with E-state index in [1.165, 1.54) is 38.9 Å². The number of hydrogen-bond donors (Lipinski definition) is 2. The van der Waals surface area contributed by atoms with E-state index in [9.17, 15) is 5.11 Å². The van der Waals surface area contributed by atoms with Crippen molar-refractivity contribution >= 4 is 0 Å². The van der Waals surface area contributed by atoms with Crippen LogP contribution in [0.4, 0.5) is 0 Å². The number of aliphatic hydroxyl groups excluding tert-OH is 1. The summed E-state index contributed by atoms with van der Waals surface area (Å²) in [5, 5.41) is 13.4. The molecule has 0 bridgehead atoms. The molecule has 3 atom stereocenters. The maximum atomic E-state index is 9.87. The normalized spacial score (nSPS) is 36.8. The topological polar surface area (TPSA) is 35.5 Å². The molecular weight excluding hydrogens is 200 g/mol. The van der Waals surface area contributed by atoms with Crippen molar-refractivity contribution in [2.75, 3.05) is 26.2 Å². The Morgan fingerprint density at radius 3 is 2.75 bits per heavy atom. The molecule has 3 nitrogen and oxygen atoms in total. The fourth-order valence-corrected chi connectivity index (χ4v) is 3.03. The van der Waals surface area contributed by atoms with Gasteiger partial charge in [-0.25, -0.2) is 0 Å². The number of nitrogens with one attached hydrogen (secondary N) is 1. The molecular formula is C13H26N2O. The van der Waals surface area contributed by atoms with Crippen molar-refractivity contribution < 1.29 is 5.11 Å². The van der Waals surface area contributed by atoms with Gasteiger partial charge in [-0.15, -0.1) is 0 Å². The minimum Gasteiger partial charge on any atom is -0.392 e. The lowest BCUT2D eigenvalue weighted by atomic mass is 9.92. The molecule has 3 heteroatoms. The largest absolute Gasteiger partial charge is 0.392 e. The lowest BCUT2D eigenvalue weighted by Crippen LogP contribution is -2.44. The monoisotopic (exact) mass is 226 g/mol. The van der Waals surface area contributed by atoms with Crippen LogP contribution in [0.2, 0.25) is 0 Å². The molecule has 1 heterocycles. The standard InChI is InChI=1S/C13H26N2O/c1-2-15-8-7-11(10-15)9-14-12-5-3-4-6-13(12)16/h11-14,16H,2-10H2,1H3. The zero-order valence-corrected chi connectivity index (χ0v) is 10.5. The predicted octanol–water partition coefficient (Wildman–Crippen LogP) is 1.22. The quantitative estimate of drug-likeness (QED) is 0.756. The molecule has 0 aromatic heterocycles. The summed E-state index contributed by atoms with van der Waals surface area (Å²) in [7, 11) is 0. The van der Waals surface area contributed by atoms with Gasteiger partial charge in [0.05, 0.1) is 6.10 Å². The average Bonchev–Trinajstić information content (AvgIpc) is 2.76. The SMILES string of the molecule is CCN1CCC(CNC2CCCCC2O)C1. The van der Waals surface area contributed by atoms with Gasteiger partial charge >= 0.3 is 0 Å². The molecule has 94 valence electrons. The Balaban J connectivity index is 1.67. The summed E-state index contributed by atoms with van der Waals surface area (Å²) in [6, 6.07) is 0.365. The summed E-state index contributed by atoms with van der Waals surface area (Å²) in [6.45, 7) is 7.02. The molecule has 3 unspecified atom stereocenters. The summed E-state index contributed by atoms with van der Waals surface area (Å²) in [5.74, 6) is 0.800. The van der Waals surface area contributed by atoms with Crippen LogP contribution in [0.25, 0.3) is 0 Å². The minimum atomic E-state index is -0.0996. The van der Waals surface area contributed by atoms with Crippen molar-refractivity contribution in [3.63, 3.8) is 0 Å². The third kappa shape index (κ3) is 3.19. The zero-order valence-electron chi connectivity index (χ0n) is 10.5. The second-order valence-electron chi connectivity index (χ2n) is 5.41. The fourth-order valence-electron chi connectivity index (χ4n) is 3.03. The van der Waals surface area contributed by atoms with Gasteiger partial charge in [-0.2, -0.15) is 0 Å². The van der Waals surface area contributed by atoms with Crippen molar-refractivity contribution in [2.45, 2.75) is 51.2 Å². The molecule has 1 saturated heterocycles. The highest BCUT2D eigenvalue weighted by atomic mass is 16.3. The summed E-state index contributed by atoms with van der Waals surface area (Å²) in [5.41, 5.74) is 0. The lowest BCUT2D eigenvalue weighted by Gasteiger charge is -2.29. The first-order valence-corrected chi connectivity index (χ1v) is 6.93. The number of nitrogens with zero attached hydrogens (tertiary/aromatic N) is 1. The summed E-state index contributed by atoms with van der Waals surface area (Å²) in [4.78, 5) is 2.52. The van der Waals surface area contributed by atoms with E-state index in [2.05, 4.69) is 17.1 Å². The van der Waals surface area contributed by atoms with E-state index in [-0.39, 0.29) is 6.10 Å². The molecule has 1 aliphatic heterocycles. The molecule has 0 amide bonds. The van der Waals surface area contributed by atoms with Gasteiger partial charge in [-0.3, -0.25) is 0 Å². The van der Waals surface area contributed by atoms with E-state index in [0.717, 1.165) is 25.3 Å². The zero-order chi connectivity index (χ0) is 11.4. The summed E-state index contributed by atoms with van der Waals surface area (Å²) < 4.78 is 0. The van der Waals surface area contributed by atoms with E-state index in [1.54, 1.807) is 0 Å². The van der Waals surface area contributed by atoms with Crippen LogP contribution < -0.4 is 5.32 Å². The predicted molar refractivity (Wildman–Crippen MR) is 66.5 cm³/mol. The Morgan fingerprint density at radius 2 is 2.06 bits per heavy atom. The number of aliphatic hydroxyl groups is 1. The van der Waals surface area contributed by atoms with E-state index in [1.807, 2.05) is 0 Å². The Bertz CT molecular complexity index is 210. The number of hydrogen-bond acceptors (Lipinski definition) is 3. The van der Waals surface area contributed by atoms with Crippen molar-refractivity contribution in [3.05, 3.63) is 0 Å². The first kappa shape index (κ1) is 12.3. The molecule has 2 rings (SSSR count). The molecule has 0 aromatic carbocycles. The Labute approximate surface area is 99.2 Å². The molecule has 1 saturated carbocycles. The third-order valence-electron chi connectivity index (χ3n) is 4.22. The highest BCUT2D eigenvalue weighted by Crippen LogP contribution is 2.20. The van der Waals surface area contributed by atoms with E-state index in [4.69, 9.17) is 0 Å². The van der Waals surface area contributed by atoms with Crippen LogP contribution in [-0.2, 0) is 0 Å². The van der Waals surface area contributed by atoms with Gasteiger partial charge in [0.25, 0.3) is 0 Å². The Morgan fingerprint density at radius 1 is 1.25 bits per heavy atom. The van der Waals surface area contributed by atoms with Crippen molar-refractivity contribution in [2.24, 2.45) is 5.92 Å². The van der Waals surface area contributed by atoms with Crippen molar-refractivity contribution in [1.29, 1.82) is 0 Å². The summed E-state index contributed by atoms with van der Waals surface area (Å²) in [6.07, 6.45) is 5.85. The Hall–Kier alpha value is -0.120. The van der Waals surface area contributed by atoms with Gasteiger partial charge in [-0.1, -0.05) is 19.8 Å². The van der Waals surface area contributed by atoms with Crippen LogP contribution in [0.5, 0.6) is 0 Å². The van der Waals surface area contributed by atoms with Gasteiger partial charge in [-0.05, 0) is 44.8 Å². The van der Waals surface area contributed by atoms with Crippen molar-refractivity contribution in [1.82, 2.24) is 10.2 Å². The molecule has 1 aliphatic carbocycles. The maximum absolute atomic E-state index is 9.87. The molecule has 0 radical (unpaired) electrons. The van der Waals surface area contributed by atoms with Gasteiger partial charge in [0.1, 0.15) is 0 Å². The van der Waals surface area contributed by atoms with E-state index < -0.39 is 0 Å². The van der Waals surface area contributed by atoms with Gasteiger partial charge in [0.2, 0.25) is 0 Å². The van der Waals surface area contributed by atoms with Crippen LogP contribution in [0.3, 0.4) is 0 Å². The number of rotatable bonds is 4. The average molecular weight is 226 g/mol. The molecule has 16 heavy (non-hydrogen) atoms. The van der Waals surface area contributed by atoms with Gasteiger partial charge < -0.3 is 15.3 Å². The van der Waals surface area contributed by atoms with Crippen molar-refractivity contribution in [3.8, 4) is 0 Å². The highest BCUT2D eigenvalue weighted by Gasteiger charge is 2.25. The van der Waals surface area contributed by atoms with E-state index >= 15 is 0 Å². The lowest BCUT2D eigenvalue weighted by molar-refractivity contribution is 0.0890. The van der Waals surface area contributed by atoms with Crippen LogP contribution in [0.1, 0.15) is 39.0 Å². The second-order valence-corrected chi connectivity index (χ2v) is 5.41. The molecule has 0 aromatic rings. The first-order chi connectivity index (χ1) is 7.79. The van der Waals surface area contributed by atoms with Crippen LogP contribution in [0, 0.1) is 5.92 Å². The fraction of sp³-hybridized carbons (Fsp3) is 1.00. The van der Waals surface area contributed by atoms with Crippen LogP contribution in [-0.4, -0.2) is 48.3 Å². The minimum absolute atomic E-state index is 0.0996. The molecule has 2 aliphatic rings. The Kier molecular flexibility index (Phi) is 4.62. The molecule has 2 fully saturated rings. The van der Waals surface area contributed by atoms with Crippen LogP contribution in [0.15, 0.2) is 0 Å². The first-order valence-electron chi connectivity index (χ1n) is 6.93. The highest BCUT2D eigenvalue weighted by molar-refractivity contribution is 4.83. The van der Waals surface area contributed by atoms with E-state index in [0.29, 0.717) is 6.04 Å². The molecule has 2 N–H and O–H groups in total. The van der Waals surface area contributed by atoms with Gasteiger partial charge in [0, 0.05) is 12.6 Å². The summed E-state index contributed by atoms with van der Waals surface area (Å²) >= 11 is 0. The molecule has 0 spiro atoms. The second kappa shape index (κ2) is 5.99. The smallest absolute Gasteiger partial charge is 0.0693 e. The van der Waals surface area contributed by atoms with Crippen LogP contribution >= 0.6 is 0 Å². The number of likely N-dealkylation sites (tertiary alicyclic amines) is 1.